The second-order valence-corrected chi connectivity index (χ2v) is 8.69. The SMILES string of the molecule is CNc1nc(C)c(-c2nc(Nc3cccc(S(C)(=O)=O)c3)ncc2C#N)s1. The molecule has 1 aromatic carbocycles. The Morgan fingerprint density at radius 3 is 2.67 bits per heavy atom. The number of hydrogen-bond donors (Lipinski definition) is 2. The van der Waals surface area contributed by atoms with Gasteiger partial charge in [-0.1, -0.05) is 17.4 Å². The summed E-state index contributed by atoms with van der Waals surface area (Å²) in [6.07, 6.45) is 2.58. The molecule has 27 heavy (non-hydrogen) atoms. The summed E-state index contributed by atoms with van der Waals surface area (Å²) >= 11 is 1.39. The first-order valence-corrected chi connectivity index (χ1v) is 10.5. The lowest BCUT2D eigenvalue weighted by molar-refractivity contribution is 0.602. The quantitative estimate of drug-likeness (QED) is 0.670. The van der Waals surface area contributed by atoms with Gasteiger partial charge in [0.1, 0.15) is 11.8 Å². The van der Waals surface area contributed by atoms with Gasteiger partial charge in [0.2, 0.25) is 5.95 Å². The van der Waals surface area contributed by atoms with Gasteiger partial charge in [-0.3, -0.25) is 0 Å². The first-order chi connectivity index (χ1) is 12.8. The molecule has 0 aliphatic rings. The van der Waals surface area contributed by atoms with E-state index in [4.69, 9.17) is 0 Å². The summed E-state index contributed by atoms with van der Waals surface area (Å²) in [5, 5.41) is 16.1. The fraction of sp³-hybridized carbons (Fsp3) is 0.176. The molecule has 0 aliphatic carbocycles. The Morgan fingerprint density at radius 2 is 2.04 bits per heavy atom. The molecule has 2 aromatic heterocycles. The van der Waals surface area contributed by atoms with Crippen LogP contribution in [-0.2, 0) is 9.84 Å². The van der Waals surface area contributed by atoms with Crippen LogP contribution in [0.4, 0.5) is 16.8 Å². The predicted octanol–water partition coefficient (Wildman–Crippen LogP) is 2.97. The lowest BCUT2D eigenvalue weighted by Crippen LogP contribution is -2.02. The molecule has 0 spiro atoms. The van der Waals surface area contributed by atoms with Gasteiger partial charge in [0.15, 0.2) is 15.0 Å². The number of nitrogens with zero attached hydrogens (tertiary/aromatic N) is 4. The van der Waals surface area contributed by atoms with Crippen LogP contribution in [0.25, 0.3) is 10.6 Å². The van der Waals surface area contributed by atoms with E-state index in [1.54, 1.807) is 19.2 Å². The predicted molar refractivity (Wildman–Crippen MR) is 105 cm³/mol. The molecule has 0 amide bonds. The number of hydrogen-bond acceptors (Lipinski definition) is 9. The van der Waals surface area contributed by atoms with Crippen LogP contribution in [0.2, 0.25) is 0 Å². The van der Waals surface area contributed by atoms with Crippen LogP contribution in [-0.4, -0.2) is 36.7 Å². The highest BCUT2D eigenvalue weighted by molar-refractivity contribution is 7.90. The maximum Gasteiger partial charge on any atom is 0.227 e. The maximum absolute atomic E-state index is 11.7. The maximum atomic E-state index is 11.7. The number of nitrogens with one attached hydrogen (secondary N) is 2. The van der Waals surface area contributed by atoms with Crippen molar-refractivity contribution >= 4 is 37.9 Å². The molecule has 2 heterocycles. The Hall–Kier alpha value is -3.03. The van der Waals surface area contributed by atoms with Gasteiger partial charge in [-0.05, 0) is 25.1 Å². The second kappa shape index (κ2) is 7.30. The molecule has 8 nitrogen and oxygen atoms in total. The number of anilines is 3. The summed E-state index contributed by atoms with van der Waals surface area (Å²) in [7, 11) is -1.55. The van der Waals surface area contributed by atoms with Gasteiger partial charge in [-0.15, -0.1) is 0 Å². The van der Waals surface area contributed by atoms with E-state index in [9.17, 15) is 13.7 Å². The van der Waals surface area contributed by atoms with Gasteiger partial charge in [0.05, 0.1) is 27.2 Å². The zero-order valence-electron chi connectivity index (χ0n) is 14.8. The number of rotatable bonds is 5. The van der Waals surface area contributed by atoms with Crippen molar-refractivity contribution in [3.05, 3.63) is 41.7 Å². The van der Waals surface area contributed by atoms with Crippen molar-refractivity contribution in [2.45, 2.75) is 11.8 Å². The van der Waals surface area contributed by atoms with E-state index >= 15 is 0 Å². The molecule has 0 saturated heterocycles. The third-order valence-corrected chi connectivity index (χ3v) is 5.94. The lowest BCUT2D eigenvalue weighted by atomic mass is 10.2. The summed E-state index contributed by atoms with van der Waals surface area (Å²) in [5.41, 5.74) is 2.10. The smallest absolute Gasteiger partial charge is 0.227 e. The van der Waals surface area contributed by atoms with E-state index in [0.29, 0.717) is 16.9 Å². The number of sulfone groups is 1. The van der Waals surface area contributed by atoms with E-state index in [-0.39, 0.29) is 10.8 Å². The number of nitriles is 1. The van der Waals surface area contributed by atoms with Crippen LogP contribution >= 0.6 is 11.3 Å². The molecule has 0 bridgehead atoms. The van der Waals surface area contributed by atoms with Gasteiger partial charge in [0.25, 0.3) is 0 Å². The van der Waals surface area contributed by atoms with Crippen LogP contribution in [0, 0.1) is 18.3 Å². The van der Waals surface area contributed by atoms with Crippen LogP contribution in [0.1, 0.15) is 11.3 Å². The molecule has 0 fully saturated rings. The normalized spacial score (nSPS) is 11.0. The van der Waals surface area contributed by atoms with Crippen molar-refractivity contribution in [1.82, 2.24) is 15.0 Å². The van der Waals surface area contributed by atoms with Gasteiger partial charge < -0.3 is 10.6 Å². The second-order valence-electron chi connectivity index (χ2n) is 5.68. The monoisotopic (exact) mass is 400 g/mol. The Labute approximate surface area is 160 Å². The molecular weight excluding hydrogens is 384 g/mol. The van der Waals surface area contributed by atoms with E-state index in [1.807, 2.05) is 6.92 Å². The topological polar surface area (TPSA) is 121 Å². The standard InChI is InChI=1S/C17H16N6O2S2/c1-10-15(26-17(19-2)21-10)14-11(8-18)9-20-16(23-14)22-12-5-4-6-13(7-12)27(3,24)25/h4-7,9H,1-3H3,(H,19,21)(H,20,22,23). The van der Waals surface area contributed by atoms with Crippen molar-refractivity contribution in [2.75, 3.05) is 23.9 Å². The van der Waals surface area contributed by atoms with Gasteiger partial charge in [-0.2, -0.15) is 5.26 Å². The van der Waals surface area contributed by atoms with Crippen molar-refractivity contribution in [1.29, 1.82) is 5.26 Å². The van der Waals surface area contributed by atoms with Gasteiger partial charge in [0, 0.05) is 19.0 Å². The van der Waals surface area contributed by atoms with Gasteiger partial charge >= 0.3 is 0 Å². The molecule has 3 rings (SSSR count). The molecule has 0 radical (unpaired) electrons. The number of thiazole rings is 1. The Kier molecular flexibility index (Phi) is 5.07. The molecule has 0 atom stereocenters. The van der Waals surface area contributed by atoms with E-state index in [1.165, 1.54) is 29.7 Å². The molecule has 0 aliphatic heterocycles. The van der Waals surface area contributed by atoms with Crippen LogP contribution in [0.15, 0.2) is 35.4 Å². The third-order valence-electron chi connectivity index (χ3n) is 3.65. The minimum Gasteiger partial charge on any atom is -0.365 e. The van der Waals surface area contributed by atoms with E-state index < -0.39 is 9.84 Å². The Balaban J connectivity index is 2.01. The first kappa shape index (κ1) is 18.8. The third kappa shape index (κ3) is 4.05. The molecule has 0 unspecified atom stereocenters. The molecule has 10 heteroatoms. The van der Waals surface area contributed by atoms with Crippen molar-refractivity contribution in [3.8, 4) is 16.6 Å². The Bertz CT molecular complexity index is 1150. The molecule has 3 aromatic rings. The van der Waals surface area contributed by atoms with Crippen LogP contribution in [0.5, 0.6) is 0 Å². The zero-order valence-corrected chi connectivity index (χ0v) is 16.4. The fourth-order valence-corrected chi connectivity index (χ4v) is 3.94. The summed E-state index contributed by atoms with van der Waals surface area (Å²) < 4.78 is 23.4. The average molecular weight is 400 g/mol. The van der Waals surface area contributed by atoms with Crippen molar-refractivity contribution in [3.63, 3.8) is 0 Å². The minimum atomic E-state index is -3.32. The molecule has 138 valence electrons. The highest BCUT2D eigenvalue weighted by atomic mass is 32.2. The average Bonchev–Trinajstić information content (AvgIpc) is 3.02. The van der Waals surface area contributed by atoms with E-state index in [2.05, 4.69) is 31.7 Å². The van der Waals surface area contributed by atoms with Crippen molar-refractivity contribution < 1.29 is 8.42 Å². The summed E-state index contributed by atoms with van der Waals surface area (Å²) in [5.74, 6) is 0.258. The van der Waals surface area contributed by atoms with Gasteiger partial charge in [-0.25, -0.2) is 23.4 Å². The van der Waals surface area contributed by atoms with Crippen LogP contribution in [0.3, 0.4) is 0 Å². The summed E-state index contributed by atoms with van der Waals surface area (Å²) in [6.45, 7) is 1.85. The number of aryl methyl sites for hydroxylation is 1. The molecule has 2 N–H and O–H groups in total. The first-order valence-electron chi connectivity index (χ1n) is 7.81. The van der Waals surface area contributed by atoms with E-state index in [0.717, 1.165) is 22.0 Å². The minimum absolute atomic E-state index is 0.193. The fourth-order valence-electron chi connectivity index (χ4n) is 2.35. The summed E-state index contributed by atoms with van der Waals surface area (Å²) in [6, 6.07) is 8.47. The largest absolute Gasteiger partial charge is 0.365 e. The lowest BCUT2D eigenvalue weighted by Gasteiger charge is -2.08. The molecular formula is C17H16N6O2S2. The molecule has 0 saturated carbocycles. The van der Waals surface area contributed by atoms with Crippen molar-refractivity contribution in [2.24, 2.45) is 0 Å². The zero-order chi connectivity index (χ0) is 19.6. The summed E-state index contributed by atoms with van der Waals surface area (Å²) in [4.78, 5) is 14.0. The Morgan fingerprint density at radius 1 is 1.26 bits per heavy atom. The number of aromatic nitrogens is 3. The highest BCUT2D eigenvalue weighted by Gasteiger charge is 2.16. The number of benzene rings is 1. The van der Waals surface area contributed by atoms with Crippen LogP contribution < -0.4 is 10.6 Å². The highest BCUT2D eigenvalue weighted by Crippen LogP contribution is 2.33.